The minimum Gasteiger partial charge on any atom is -0.369 e. The Balaban J connectivity index is 2.51. The van der Waals surface area contributed by atoms with Crippen LogP contribution in [0.2, 0.25) is 0 Å². The average molecular weight is 316 g/mol. The van der Waals surface area contributed by atoms with Crippen molar-refractivity contribution in [2.75, 3.05) is 7.05 Å². The number of nitrogens with two attached hydrogens (primary N) is 1. The van der Waals surface area contributed by atoms with E-state index in [1.807, 2.05) is 19.2 Å². The summed E-state index contributed by atoms with van der Waals surface area (Å²) >= 11 is 5.09. The van der Waals surface area contributed by atoms with E-state index in [0.717, 1.165) is 14.9 Å². The van der Waals surface area contributed by atoms with Gasteiger partial charge >= 0.3 is 0 Å². The van der Waals surface area contributed by atoms with E-state index in [1.165, 1.54) is 4.90 Å². The van der Waals surface area contributed by atoms with Gasteiger partial charge in [0.25, 0.3) is 0 Å². The fraction of sp³-hybridized carbons (Fsp3) is 0.455. The van der Waals surface area contributed by atoms with Crippen LogP contribution in [0.4, 0.5) is 0 Å². The average Bonchev–Trinajstić information content (AvgIpc) is 2.57. The number of nitrogens with zero attached hydrogens (tertiary/aromatic N) is 2. The smallest absolute Gasteiger partial charge is 0.231 e. The molecule has 0 unspecified atom stereocenters. The summed E-state index contributed by atoms with van der Waals surface area (Å²) in [5.41, 5.74) is 6.38. The topological polar surface area (TPSA) is 58.7 Å². The van der Waals surface area contributed by atoms with Gasteiger partial charge in [-0.2, -0.15) is 0 Å². The molecule has 2 heterocycles. The lowest BCUT2D eigenvalue weighted by Gasteiger charge is -2.33. The van der Waals surface area contributed by atoms with Gasteiger partial charge in [-0.05, 0) is 35.3 Å². The van der Waals surface area contributed by atoms with Crippen molar-refractivity contribution >= 4 is 39.1 Å². The molecule has 1 aliphatic heterocycles. The number of hydrogen-bond acceptors (Lipinski definition) is 4. The molecule has 0 fully saturated rings. The van der Waals surface area contributed by atoms with Crippen LogP contribution in [0.5, 0.6) is 0 Å². The Morgan fingerprint density at radius 1 is 1.65 bits per heavy atom. The molecule has 0 radical (unpaired) electrons. The van der Waals surface area contributed by atoms with Crippen molar-refractivity contribution in [3.63, 3.8) is 0 Å². The monoisotopic (exact) mass is 315 g/mol. The third-order valence-electron chi connectivity index (χ3n) is 3.04. The van der Waals surface area contributed by atoms with Crippen molar-refractivity contribution in [2.24, 2.45) is 10.7 Å². The molecular formula is C11H14BrN3OS. The van der Waals surface area contributed by atoms with Crippen LogP contribution in [-0.2, 0) is 10.3 Å². The molecule has 4 nitrogen and oxygen atoms in total. The zero-order valence-electron chi connectivity index (χ0n) is 9.95. The van der Waals surface area contributed by atoms with Crippen LogP contribution in [-0.4, -0.2) is 23.8 Å². The molecule has 0 spiro atoms. The molecule has 0 saturated heterocycles. The van der Waals surface area contributed by atoms with Gasteiger partial charge in [-0.15, -0.1) is 11.3 Å². The van der Waals surface area contributed by atoms with E-state index in [9.17, 15) is 4.79 Å². The van der Waals surface area contributed by atoms with E-state index in [4.69, 9.17) is 5.73 Å². The SMILES string of the molecule is Cc1c(Br)csc1[C@]1(C)CC(=O)N(C)C(N)=N1. The molecule has 0 aromatic carbocycles. The summed E-state index contributed by atoms with van der Waals surface area (Å²) in [6.45, 7) is 3.98. The second-order valence-electron chi connectivity index (χ2n) is 4.41. The standard InChI is InChI=1S/C11H14BrN3OS/c1-6-7(12)5-17-9(6)11(2)4-8(16)15(3)10(13)14-11/h5H,4H2,1-3H3,(H2,13,14)/t11-/m0/s1. The summed E-state index contributed by atoms with van der Waals surface area (Å²) in [5.74, 6) is 0.289. The van der Waals surface area contributed by atoms with Gasteiger partial charge in [-0.25, -0.2) is 4.99 Å². The highest BCUT2D eigenvalue weighted by atomic mass is 79.9. The van der Waals surface area contributed by atoms with Crippen molar-refractivity contribution in [3.8, 4) is 0 Å². The minimum atomic E-state index is -0.533. The Morgan fingerprint density at radius 2 is 2.29 bits per heavy atom. The highest BCUT2D eigenvalue weighted by Crippen LogP contribution is 2.40. The molecule has 17 heavy (non-hydrogen) atoms. The summed E-state index contributed by atoms with van der Waals surface area (Å²) in [6, 6.07) is 0. The lowest BCUT2D eigenvalue weighted by molar-refractivity contribution is -0.128. The lowest BCUT2D eigenvalue weighted by atomic mass is 9.92. The van der Waals surface area contributed by atoms with E-state index >= 15 is 0 Å². The van der Waals surface area contributed by atoms with Crippen LogP contribution in [0.3, 0.4) is 0 Å². The normalized spacial score (nSPS) is 25.1. The molecule has 1 aromatic rings. The summed E-state index contributed by atoms with van der Waals surface area (Å²) in [4.78, 5) is 18.8. The van der Waals surface area contributed by atoms with Crippen molar-refractivity contribution in [2.45, 2.75) is 25.8 Å². The van der Waals surface area contributed by atoms with Crippen LogP contribution >= 0.6 is 27.3 Å². The molecule has 2 rings (SSSR count). The Kier molecular flexibility index (Phi) is 3.03. The quantitative estimate of drug-likeness (QED) is 0.863. The van der Waals surface area contributed by atoms with Gasteiger partial charge < -0.3 is 5.73 Å². The van der Waals surface area contributed by atoms with Crippen molar-refractivity contribution in [1.29, 1.82) is 0 Å². The molecule has 1 aromatic heterocycles. The fourth-order valence-corrected chi connectivity index (χ4v) is 3.63. The van der Waals surface area contributed by atoms with E-state index in [0.29, 0.717) is 6.42 Å². The predicted molar refractivity (Wildman–Crippen MR) is 73.1 cm³/mol. The highest BCUT2D eigenvalue weighted by Gasteiger charge is 2.38. The highest BCUT2D eigenvalue weighted by molar-refractivity contribution is 9.10. The number of hydrogen-bond donors (Lipinski definition) is 1. The Bertz CT molecular complexity index is 511. The van der Waals surface area contributed by atoms with Crippen molar-refractivity contribution in [3.05, 3.63) is 20.3 Å². The molecule has 92 valence electrons. The van der Waals surface area contributed by atoms with Gasteiger partial charge in [0.2, 0.25) is 5.91 Å². The predicted octanol–water partition coefficient (Wildman–Crippen LogP) is 2.21. The maximum Gasteiger partial charge on any atom is 0.231 e. The van der Waals surface area contributed by atoms with E-state index < -0.39 is 5.54 Å². The number of amides is 1. The Morgan fingerprint density at radius 3 is 2.76 bits per heavy atom. The maximum atomic E-state index is 11.9. The number of thiophene rings is 1. The number of aliphatic imine (C=N–C) groups is 1. The van der Waals surface area contributed by atoms with Gasteiger partial charge in [0, 0.05) is 21.8 Å². The first kappa shape index (κ1) is 12.6. The third kappa shape index (κ3) is 1.99. The molecule has 1 amide bonds. The molecule has 1 atom stereocenters. The van der Waals surface area contributed by atoms with Gasteiger partial charge in [0.05, 0.1) is 6.42 Å². The number of carbonyl (C=O) groups excluding carboxylic acids is 1. The first-order chi connectivity index (χ1) is 7.85. The number of carbonyl (C=O) groups is 1. The summed E-state index contributed by atoms with van der Waals surface area (Å²) < 4.78 is 1.05. The minimum absolute atomic E-state index is 0.00363. The second-order valence-corrected chi connectivity index (χ2v) is 6.15. The lowest BCUT2D eigenvalue weighted by Crippen LogP contribution is -2.47. The summed E-state index contributed by atoms with van der Waals surface area (Å²) in [6.07, 6.45) is 0.359. The molecule has 0 saturated carbocycles. The zero-order valence-corrected chi connectivity index (χ0v) is 12.4. The fourth-order valence-electron chi connectivity index (χ4n) is 1.97. The van der Waals surface area contributed by atoms with Crippen LogP contribution in [0.25, 0.3) is 0 Å². The molecule has 0 bridgehead atoms. The number of rotatable bonds is 1. The molecule has 2 N–H and O–H groups in total. The number of guanidine groups is 1. The maximum absolute atomic E-state index is 11.9. The number of halogens is 1. The van der Waals surface area contributed by atoms with Crippen molar-refractivity contribution < 1.29 is 4.79 Å². The summed E-state index contributed by atoms with van der Waals surface area (Å²) in [7, 11) is 1.65. The third-order valence-corrected chi connectivity index (χ3v) is 5.50. The molecule has 1 aliphatic rings. The van der Waals surface area contributed by atoms with E-state index in [-0.39, 0.29) is 11.9 Å². The van der Waals surface area contributed by atoms with E-state index in [1.54, 1.807) is 18.4 Å². The Hall–Kier alpha value is -0.880. The largest absolute Gasteiger partial charge is 0.369 e. The van der Waals surface area contributed by atoms with Crippen LogP contribution in [0.15, 0.2) is 14.8 Å². The van der Waals surface area contributed by atoms with E-state index in [2.05, 4.69) is 20.9 Å². The van der Waals surface area contributed by atoms with Gasteiger partial charge in [-0.3, -0.25) is 9.69 Å². The zero-order chi connectivity index (χ0) is 12.8. The van der Waals surface area contributed by atoms with Crippen LogP contribution < -0.4 is 5.73 Å². The first-order valence-electron chi connectivity index (χ1n) is 5.21. The Labute approximate surface area is 113 Å². The molecular weight excluding hydrogens is 302 g/mol. The molecule has 6 heteroatoms. The van der Waals surface area contributed by atoms with Gasteiger partial charge in [-0.1, -0.05) is 0 Å². The molecule has 0 aliphatic carbocycles. The second kappa shape index (κ2) is 4.10. The van der Waals surface area contributed by atoms with Crippen LogP contribution in [0.1, 0.15) is 23.8 Å². The van der Waals surface area contributed by atoms with Crippen molar-refractivity contribution in [1.82, 2.24) is 4.90 Å². The van der Waals surface area contributed by atoms with Gasteiger partial charge in [0.15, 0.2) is 5.96 Å². The first-order valence-corrected chi connectivity index (χ1v) is 6.88. The summed E-state index contributed by atoms with van der Waals surface area (Å²) in [5, 5.41) is 2.02. The van der Waals surface area contributed by atoms with Gasteiger partial charge in [0.1, 0.15) is 5.54 Å². The van der Waals surface area contributed by atoms with Crippen LogP contribution in [0, 0.1) is 6.92 Å².